The molecule has 1 fully saturated rings. The lowest BCUT2D eigenvalue weighted by molar-refractivity contribution is 0.300. The van der Waals surface area contributed by atoms with Crippen molar-refractivity contribution in [2.45, 2.75) is 70.3 Å². The Bertz CT molecular complexity index is 779. The molecule has 0 unspecified atom stereocenters. The second-order valence-corrected chi connectivity index (χ2v) is 7.68. The number of nitrogens with one attached hydrogen (secondary N) is 1. The summed E-state index contributed by atoms with van der Waals surface area (Å²) < 4.78 is 8.03. The van der Waals surface area contributed by atoms with Crippen molar-refractivity contribution in [3.8, 4) is 5.75 Å². The smallest absolute Gasteiger partial charge is 0.151 e. The van der Waals surface area contributed by atoms with E-state index in [1.54, 1.807) is 0 Å². The molecule has 2 aliphatic rings. The molecule has 1 aliphatic carbocycles. The summed E-state index contributed by atoms with van der Waals surface area (Å²) in [6.45, 7) is 4.73. The summed E-state index contributed by atoms with van der Waals surface area (Å²) in [6, 6.07) is 6.78. The van der Waals surface area contributed by atoms with Crippen molar-refractivity contribution in [1.82, 2.24) is 20.2 Å². The Morgan fingerprint density at radius 3 is 2.93 bits per heavy atom. The Kier molecular flexibility index (Phi) is 5.70. The van der Waals surface area contributed by atoms with Crippen LogP contribution >= 0.6 is 0 Å². The highest BCUT2D eigenvalue weighted by atomic mass is 16.5. The van der Waals surface area contributed by atoms with Crippen LogP contribution in [0.4, 0.5) is 5.69 Å². The summed E-state index contributed by atoms with van der Waals surface area (Å²) >= 11 is 0. The summed E-state index contributed by atoms with van der Waals surface area (Å²) in [4.78, 5) is 0. The van der Waals surface area contributed by atoms with Gasteiger partial charge in [-0.3, -0.25) is 0 Å². The Morgan fingerprint density at radius 2 is 2.04 bits per heavy atom. The fourth-order valence-corrected chi connectivity index (χ4v) is 4.09. The molecular formula is C21H29N5O. The maximum Gasteiger partial charge on any atom is 0.151 e. The van der Waals surface area contributed by atoms with Crippen molar-refractivity contribution in [2.75, 3.05) is 11.9 Å². The maximum absolute atomic E-state index is 5.96. The van der Waals surface area contributed by atoms with Crippen LogP contribution in [0.2, 0.25) is 0 Å². The summed E-state index contributed by atoms with van der Waals surface area (Å²) in [5, 5.41) is 15.7. The first-order valence-electron chi connectivity index (χ1n) is 10.3. The van der Waals surface area contributed by atoms with Gasteiger partial charge >= 0.3 is 0 Å². The minimum absolute atomic E-state index is 0.500. The molecule has 1 aliphatic heterocycles. The molecule has 4 rings (SSSR count). The molecule has 0 bridgehead atoms. The van der Waals surface area contributed by atoms with Crippen LogP contribution in [0.25, 0.3) is 0 Å². The Balaban J connectivity index is 1.22. The average molecular weight is 367 g/mol. The zero-order valence-corrected chi connectivity index (χ0v) is 16.0. The van der Waals surface area contributed by atoms with Crippen LogP contribution < -0.4 is 10.1 Å². The SMILES string of the molecule is C=C1CCc2cc(OCCCCc3nnnn3C3CCCCC3)ccc2N1. The first-order chi connectivity index (χ1) is 13.3. The average Bonchev–Trinajstić information content (AvgIpc) is 3.17. The van der Waals surface area contributed by atoms with Crippen molar-refractivity contribution < 1.29 is 4.74 Å². The van der Waals surface area contributed by atoms with Crippen LogP contribution in [0.1, 0.15) is 68.8 Å². The number of hydrogen-bond donors (Lipinski definition) is 1. The van der Waals surface area contributed by atoms with E-state index in [2.05, 4.69) is 44.2 Å². The lowest BCUT2D eigenvalue weighted by atomic mass is 9.95. The molecule has 1 aromatic heterocycles. The molecule has 27 heavy (non-hydrogen) atoms. The number of tetrazole rings is 1. The molecule has 0 atom stereocenters. The molecular weight excluding hydrogens is 338 g/mol. The van der Waals surface area contributed by atoms with Gasteiger partial charge in [-0.15, -0.1) is 5.10 Å². The predicted octanol–water partition coefficient (Wildman–Crippen LogP) is 4.45. The van der Waals surface area contributed by atoms with E-state index in [4.69, 9.17) is 4.74 Å². The molecule has 1 aromatic carbocycles. The number of hydrogen-bond acceptors (Lipinski definition) is 5. The minimum Gasteiger partial charge on any atom is -0.494 e. The van der Waals surface area contributed by atoms with E-state index >= 15 is 0 Å². The highest BCUT2D eigenvalue weighted by Gasteiger charge is 2.19. The van der Waals surface area contributed by atoms with Gasteiger partial charge in [-0.25, -0.2) is 4.68 Å². The molecule has 0 saturated heterocycles. The zero-order valence-electron chi connectivity index (χ0n) is 16.0. The van der Waals surface area contributed by atoms with Gasteiger partial charge in [0.2, 0.25) is 0 Å². The topological polar surface area (TPSA) is 64.9 Å². The molecule has 2 aromatic rings. The van der Waals surface area contributed by atoms with Gasteiger partial charge in [0.05, 0.1) is 12.6 Å². The van der Waals surface area contributed by atoms with Crippen molar-refractivity contribution in [1.29, 1.82) is 0 Å². The maximum atomic E-state index is 5.96. The van der Waals surface area contributed by atoms with Gasteiger partial charge < -0.3 is 10.1 Å². The lowest BCUT2D eigenvalue weighted by Crippen LogP contribution is -2.17. The number of rotatable bonds is 7. The summed E-state index contributed by atoms with van der Waals surface area (Å²) in [5.41, 5.74) is 3.56. The lowest BCUT2D eigenvalue weighted by Gasteiger charge is -2.22. The molecule has 0 amide bonds. The first kappa shape index (κ1) is 18.0. The standard InChI is InChI=1S/C21H29N5O/c1-16-10-11-17-15-19(12-13-20(17)22-16)27-14-6-5-9-21-23-24-25-26(21)18-7-3-2-4-8-18/h12-13,15,18,22H,1-11,14H2. The van der Waals surface area contributed by atoms with Gasteiger partial charge in [0.15, 0.2) is 5.82 Å². The van der Waals surface area contributed by atoms with Crippen molar-refractivity contribution in [2.24, 2.45) is 0 Å². The number of anilines is 1. The third kappa shape index (κ3) is 4.49. The van der Waals surface area contributed by atoms with Crippen molar-refractivity contribution >= 4 is 5.69 Å². The van der Waals surface area contributed by atoms with Crippen LogP contribution in [-0.4, -0.2) is 26.8 Å². The van der Waals surface area contributed by atoms with E-state index in [9.17, 15) is 0 Å². The van der Waals surface area contributed by atoms with E-state index in [1.165, 1.54) is 37.7 Å². The second-order valence-electron chi connectivity index (χ2n) is 7.68. The minimum atomic E-state index is 0.500. The number of unbranched alkanes of at least 4 members (excludes halogenated alkanes) is 1. The van der Waals surface area contributed by atoms with E-state index in [1.807, 2.05) is 6.07 Å². The quantitative estimate of drug-likeness (QED) is 0.732. The number of ether oxygens (including phenoxy) is 1. The Labute approximate surface area is 161 Å². The van der Waals surface area contributed by atoms with E-state index in [-0.39, 0.29) is 0 Å². The fourth-order valence-electron chi connectivity index (χ4n) is 4.09. The van der Waals surface area contributed by atoms with E-state index < -0.39 is 0 Å². The summed E-state index contributed by atoms with van der Waals surface area (Å²) in [5.74, 6) is 1.98. The molecule has 6 nitrogen and oxygen atoms in total. The Morgan fingerprint density at radius 1 is 1.15 bits per heavy atom. The van der Waals surface area contributed by atoms with Gasteiger partial charge in [0.25, 0.3) is 0 Å². The van der Waals surface area contributed by atoms with E-state index in [0.29, 0.717) is 6.04 Å². The van der Waals surface area contributed by atoms with Crippen molar-refractivity contribution in [3.05, 3.63) is 41.9 Å². The largest absolute Gasteiger partial charge is 0.494 e. The zero-order chi connectivity index (χ0) is 18.5. The molecule has 0 radical (unpaired) electrons. The Hall–Kier alpha value is -2.37. The summed E-state index contributed by atoms with van der Waals surface area (Å²) in [7, 11) is 0. The van der Waals surface area contributed by atoms with Gasteiger partial charge in [-0.05, 0) is 72.7 Å². The predicted molar refractivity (Wildman–Crippen MR) is 106 cm³/mol. The van der Waals surface area contributed by atoms with Gasteiger partial charge in [0, 0.05) is 17.8 Å². The van der Waals surface area contributed by atoms with Crippen LogP contribution in [0.5, 0.6) is 5.75 Å². The third-order valence-electron chi connectivity index (χ3n) is 5.63. The monoisotopic (exact) mass is 367 g/mol. The molecule has 1 N–H and O–H groups in total. The fraction of sp³-hybridized carbons (Fsp3) is 0.571. The number of aromatic nitrogens is 4. The third-order valence-corrected chi connectivity index (χ3v) is 5.63. The number of nitrogens with zero attached hydrogens (tertiary/aromatic N) is 4. The van der Waals surface area contributed by atoms with Crippen molar-refractivity contribution in [3.63, 3.8) is 0 Å². The summed E-state index contributed by atoms with van der Waals surface area (Å²) in [6.07, 6.45) is 11.3. The number of fused-ring (bicyclic) bond motifs is 1. The van der Waals surface area contributed by atoms with Gasteiger partial charge in [-0.1, -0.05) is 25.8 Å². The number of aryl methyl sites for hydroxylation is 2. The normalized spacial score (nSPS) is 17.4. The molecule has 6 heteroatoms. The molecule has 2 heterocycles. The van der Waals surface area contributed by atoms with Gasteiger partial charge in [0.1, 0.15) is 5.75 Å². The van der Waals surface area contributed by atoms with Crippen LogP contribution in [0.3, 0.4) is 0 Å². The van der Waals surface area contributed by atoms with Crippen LogP contribution in [0, 0.1) is 0 Å². The number of allylic oxidation sites excluding steroid dienone is 1. The highest BCUT2D eigenvalue weighted by molar-refractivity contribution is 5.59. The van der Waals surface area contributed by atoms with Gasteiger partial charge in [-0.2, -0.15) is 0 Å². The number of benzene rings is 1. The molecule has 144 valence electrons. The van der Waals surface area contributed by atoms with Crippen LogP contribution in [-0.2, 0) is 12.8 Å². The first-order valence-corrected chi connectivity index (χ1v) is 10.3. The van der Waals surface area contributed by atoms with Crippen LogP contribution in [0.15, 0.2) is 30.5 Å². The molecule has 1 saturated carbocycles. The molecule has 0 spiro atoms. The second kappa shape index (κ2) is 8.55. The van der Waals surface area contributed by atoms with E-state index in [0.717, 1.165) is 61.7 Å². The highest BCUT2D eigenvalue weighted by Crippen LogP contribution is 2.30.